The van der Waals surface area contributed by atoms with E-state index in [1.165, 1.54) is 30.0 Å². The Hall–Kier alpha value is -2.72. The Morgan fingerprint density at radius 3 is 2.68 bits per heavy atom. The number of rotatable bonds is 5. The van der Waals surface area contributed by atoms with Gasteiger partial charge in [-0.2, -0.15) is 4.31 Å². The summed E-state index contributed by atoms with van der Waals surface area (Å²) in [5.74, 6) is 0.269. The van der Waals surface area contributed by atoms with Crippen LogP contribution in [0.4, 0.5) is 4.39 Å². The fourth-order valence-electron chi connectivity index (χ4n) is 3.24. The maximum absolute atomic E-state index is 13.6. The van der Waals surface area contributed by atoms with E-state index < -0.39 is 15.8 Å². The summed E-state index contributed by atoms with van der Waals surface area (Å²) in [5.41, 5.74) is 0.692. The number of sulfonamides is 1. The van der Waals surface area contributed by atoms with E-state index in [9.17, 15) is 12.8 Å². The van der Waals surface area contributed by atoms with Gasteiger partial charge in [0.2, 0.25) is 15.9 Å². The second-order valence-corrected chi connectivity index (χ2v) is 8.34. The number of methoxy groups -OCH3 is 1. The minimum Gasteiger partial charge on any atom is -0.495 e. The Morgan fingerprint density at radius 1 is 1.21 bits per heavy atom. The summed E-state index contributed by atoms with van der Waals surface area (Å²) >= 11 is 0. The van der Waals surface area contributed by atoms with E-state index >= 15 is 0 Å². The minimum atomic E-state index is -3.87. The number of hydrogen-bond donors (Lipinski definition) is 0. The first-order chi connectivity index (χ1) is 13.5. The molecule has 0 N–H and O–H groups in total. The molecule has 28 heavy (non-hydrogen) atoms. The molecule has 4 rings (SSSR count). The van der Waals surface area contributed by atoms with Crippen molar-refractivity contribution in [1.29, 1.82) is 0 Å². The van der Waals surface area contributed by atoms with Crippen LogP contribution < -0.4 is 4.74 Å². The molecule has 0 amide bonds. The maximum atomic E-state index is 13.6. The van der Waals surface area contributed by atoms with Crippen LogP contribution >= 0.6 is 0 Å². The molecular formula is C18H18FN3O5S. The van der Waals surface area contributed by atoms with E-state index in [2.05, 4.69) is 10.2 Å². The van der Waals surface area contributed by atoms with Crippen LogP contribution in [0.3, 0.4) is 0 Å². The zero-order chi connectivity index (χ0) is 19.7. The molecule has 0 unspecified atom stereocenters. The number of aromatic nitrogens is 2. The van der Waals surface area contributed by atoms with Gasteiger partial charge in [0.05, 0.1) is 18.9 Å². The van der Waals surface area contributed by atoms with Crippen molar-refractivity contribution >= 4 is 10.0 Å². The van der Waals surface area contributed by atoms with Gasteiger partial charge in [-0.1, -0.05) is 0 Å². The smallest absolute Gasteiger partial charge is 0.250 e. The third-order valence-corrected chi connectivity index (χ3v) is 6.68. The largest absolute Gasteiger partial charge is 0.495 e. The lowest BCUT2D eigenvalue weighted by atomic mass is 9.98. The van der Waals surface area contributed by atoms with Crippen LogP contribution in [0.15, 0.2) is 50.5 Å². The van der Waals surface area contributed by atoms with E-state index in [-0.39, 0.29) is 29.7 Å². The first-order valence-electron chi connectivity index (χ1n) is 8.68. The molecular weight excluding hydrogens is 389 g/mol. The molecule has 0 atom stereocenters. The number of halogens is 1. The summed E-state index contributed by atoms with van der Waals surface area (Å²) in [6.45, 7) is 0.520. The molecule has 3 heterocycles. The minimum absolute atomic E-state index is 0.0472. The van der Waals surface area contributed by atoms with Gasteiger partial charge in [-0.05, 0) is 37.1 Å². The average molecular weight is 407 g/mol. The molecule has 1 saturated heterocycles. The van der Waals surface area contributed by atoms with Crippen LogP contribution in [0.2, 0.25) is 0 Å². The number of nitrogens with zero attached hydrogens (tertiary/aromatic N) is 3. The van der Waals surface area contributed by atoms with Gasteiger partial charge in [-0.25, -0.2) is 12.8 Å². The molecule has 148 valence electrons. The molecule has 0 radical (unpaired) electrons. The monoisotopic (exact) mass is 407 g/mol. The van der Waals surface area contributed by atoms with Gasteiger partial charge < -0.3 is 13.6 Å². The van der Waals surface area contributed by atoms with Crippen molar-refractivity contribution in [1.82, 2.24) is 14.5 Å². The van der Waals surface area contributed by atoms with Crippen LogP contribution in [0.25, 0.3) is 11.5 Å². The summed E-state index contributed by atoms with van der Waals surface area (Å²) in [5, 5.41) is 8.10. The molecule has 0 spiro atoms. The van der Waals surface area contributed by atoms with Crippen LogP contribution in [0, 0.1) is 5.82 Å². The zero-order valence-corrected chi connectivity index (χ0v) is 15.9. The molecule has 1 aromatic carbocycles. The molecule has 1 fully saturated rings. The number of furan rings is 1. The molecule has 0 aliphatic carbocycles. The van der Waals surface area contributed by atoms with Crippen molar-refractivity contribution in [3.05, 3.63) is 48.5 Å². The fourth-order valence-corrected chi connectivity index (χ4v) is 4.87. The van der Waals surface area contributed by atoms with E-state index in [4.69, 9.17) is 13.6 Å². The van der Waals surface area contributed by atoms with E-state index in [0.717, 1.165) is 12.1 Å². The standard InChI is InChI=1S/C18H18FN3O5S/c1-25-15-3-2-14(19)10-16(15)28(23,24)22-7-4-12(5-8-22)17-20-21-18(27-17)13-6-9-26-11-13/h2-3,6,9-12H,4-5,7-8H2,1H3. The van der Waals surface area contributed by atoms with E-state index in [1.807, 2.05) is 0 Å². The molecule has 1 aliphatic heterocycles. The second-order valence-electron chi connectivity index (χ2n) is 6.43. The first kappa shape index (κ1) is 18.6. The van der Waals surface area contributed by atoms with Crippen LogP contribution in [0.5, 0.6) is 5.75 Å². The predicted octanol–water partition coefficient (Wildman–Crippen LogP) is 3.05. The lowest BCUT2D eigenvalue weighted by Gasteiger charge is -2.30. The molecule has 0 saturated carbocycles. The number of benzene rings is 1. The van der Waals surface area contributed by atoms with Crippen LogP contribution in [0.1, 0.15) is 24.7 Å². The van der Waals surface area contributed by atoms with E-state index in [0.29, 0.717) is 30.2 Å². The Balaban J connectivity index is 1.49. The summed E-state index contributed by atoms with van der Waals surface area (Å²) in [6, 6.07) is 5.18. The topological polar surface area (TPSA) is 98.7 Å². The Labute approximate surface area is 161 Å². The van der Waals surface area contributed by atoms with E-state index in [1.54, 1.807) is 6.07 Å². The summed E-state index contributed by atoms with van der Waals surface area (Å²) in [4.78, 5) is -0.173. The number of piperidine rings is 1. The second kappa shape index (κ2) is 7.36. The van der Waals surface area contributed by atoms with Crippen LogP contribution in [-0.4, -0.2) is 43.1 Å². The SMILES string of the molecule is COc1ccc(F)cc1S(=O)(=O)N1CCC(c2nnc(-c3ccoc3)o2)CC1. The number of ether oxygens (including phenoxy) is 1. The van der Waals surface area contributed by atoms with Crippen molar-refractivity contribution in [3.8, 4) is 17.2 Å². The highest BCUT2D eigenvalue weighted by Gasteiger charge is 2.34. The van der Waals surface area contributed by atoms with Gasteiger partial charge in [0.25, 0.3) is 5.89 Å². The summed E-state index contributed by atoms with van der Waals surface area (Å²) in [6.07, 6.45) is 4.07. The Kier molecular flexibility index (Phi) is 4.90. The molecule has 10 heteroatoms. The molecule has 3 aromatic rings. The van der Waals surface area contributed by atoms with Crippen molar-refractivity contribution < 1.29 is 26.4 Å². The predicted molar refractivity (Wildman–Crippen MR) is 95.7 cm³/mol. The van der Waals surface area contributed by atoms with Crippen LogP contribution in [-0.2, 0) is 10.0 Å². The lowest BCUT2D eigenvalue weighted by Crippen LogP contribution is -2.38. The molecule has 2 aromatic heterocycles. The van der Waals surface area contributed by atoms with Gasteiger partial charge in [0.1, 0.15) is 22.7 Å². The first-order valence-corrected chi connectivity index (χ1v) is 10.1. The quantitative estimate of drug-likeness (QED) is 0.641. The third-order valence-electron chi connectivity index (χ3n) is 4.76. The maximum Gasteiger partial charge on any atom is 0.250 e. The van der Waals surface area contributed by atoms with Gasteiger partial charge in [0.15, 0.2) is 0 Å². The van der Waals surface area contributed by atoms with Gasteiger partial charge in [-0.15, -0.1) is 10.2 Å². The highest BCUT2D eigenvalue weighted by Crippen LogP contribution is 2.34. The van der Waals surface area contributed by atoms with Gasteiger partial charge in [-0.3, -0.25) is 0 Å². The van der Waals surface area contributed by atoms with Crippen molar-refractivity contribution in [3.63, 3.8) is 0 Å². The van der Waals surface area contributed by atoms with Crippen molar-refractivity contribution in [2.75, 3.05) is 20.2 Å². The molecule has 1 aliphatic rings. The van der Waals surface area contributed by atoms with Gasteiger partial charge in [0, 0.05) is 19.0 Å². The Morgan fingerprint density at radius 2 is 2.00 bits per heavy atom. The normalized spacial score (nSPS) is 16.4. The van der Waals surface area contributed by atoms with Crippen molar-refractivity contribution in [2.24, 2.45) is 0 Å². The third kappa shape index (κ3) is 3.40. The fraction of sp³-hybridized carbons (Fsp3) is 0.333. The highest BCUT2D eigenvalue weighted by atomic mass is 32.2. The van der Waals surface area contributed by atoms with Gasteiger partial charge >= 0.3 is 0 Å². The summed E-state index contributed by atoms with van der Waals surface area (Å²) in [7, 11) is -2.52. The average Bonchev–Trinajstić information content (AvgIpc) is 3.40. The Bertz CT molecular complexity index is 1060. The molecule has 8 nitrogen and oxygen atoms in total. The summed E-state index contributed by atoms with van der Waals surface area (Å²) < 4.78 is 56.6. The highest BCUT2D eigenvalue weighted by molar-refractivity contribution is 7.89. The number of hydrogen-bond acceptors (Lipinski definition) is 7. The zero-order valence-electron chi connectivity index (χ0n) is 15.0. The van der Waals surface area contributed by atoms with Crippen molar-refractivity contribution in [2.45, 2.75) is 23.7 Å². The lowest BCUT2D eigenvalue weighted by molar-refractivity contribution is 0.290. The molecule has 0 bridgehead atoms.